The van der Waals surface area contributed by atoms with Crippen LogP contribution in [0.15, 0.2) is 6.20 Å². The summed E-state index contributed by atoms with van der Waals surface area (Å²) in [5.41, 5.74) is 1.84. The number of aromatic nitrogens is 4. The van der Waals surface area contributed by atoms with E-state index in [1.807, 2.05) is 20.0 Å². The first kappa shape index (κ1) is 20.1. The zero-order valence-electron chi connectivity index (χ0n) is 18.5. The normalized spacial score (nSPS) is 23.0. The number of ether oxygens (including phenoxy) is 2. The van der Waals surface area contributed by atoms with Crippen molar-refractivity contribution < 1.29 is 9.47 Å². The summed E-state index contributed by atoms with van der Waals surface area (Å²) >= 11 is 0. The molecule has 1 aliphatic carbocycles. The highest BCUT2D eigenvalue weighted by Crippen LogP contribution is 2.44. The molecule has 1 saturated heterocycles. The van der Waals surface area contributed by atoms with E-state index < -0.39 is 5.54 Å². The number of hydrogen-bond acceptors (Lipinski definition) is 8. The average molecular weight is 424 g/mol. The van der Waals surface area contributed by atoms with Crippen molar-refractivity contribution >= 4 is 17.5 Å². The Morgan fingerprint density at radius 2 is 2.06 bits per heavy atom. The first-order valence-corrected chi connectivity index (χ1v) is 11.0. The Hall–Kier alpha value is -2.86. The minimum atomic E-state index is -0.870. The van der Waals surface area contributed by atoms with E-state index in [0.29, 0.717) is 37.6 Å². The molecule has 9 nitrogen and oxygen atoms in total. The van der Waals surface area contributed by atoms with Gasteiger partial charge < -0.3 is 20.1 Å². The van der Waals surface area contributed by atoms with Crippen LogP contribution in [0.3, 0.4) is 0 Å². The molecule has 9 heteroatoms. The molecule has 0 amide bonds. The number of rotatable bonds is 3. The smallest absolute Gasteiger partial charge is 0.238 e. The van der Waals surface area contributed by atoms with Gasteiger partial charge >= 0.3 is 0 Å². The minimum Gasteiger partial charge on any atom is -0.476 e. The fraction of sp³-hybridized carbons (Fsp3) is 0.636. The van der Waals surface area contributed by atoms with Crippen molar-refractivity contribution in [3.63, 3.8) is 0 Å². The fourth-order valence-corrected chi connectivity index (χ4v) is 4.16. The number of nitrogens with zero attached hydrogens (tertiary/aromatic N) is 5. The lowest BCUT2D eigenvalue weighted by atomic mass is 10.0. The van der Waals surface area contributed by atoms with Gasteiger partial charge in [-0.1, -0.05) is 13.8 Å². The number of fused-ring (bicyclic) bond motifs is 4. The molecule has 2 N–H and O–H groups in total. The van der Waals surface area contributed by atoms with Gasteiger partial charge in [0.15, 0.2) is 0 Å². The number of nitriles is 1. The van der Waals surface area contributed by atoms with Crippen LogP contribution in [0.1, 0.15) is 63.6 Å². The summed E-state index contributed by atoms with van der Waals surface area (Å²) in [6.45, 7) is 9.50. The number of nitrogens with one attached hydrogen (secondary N) is 2. The summed E-state index contributed by atoms with van der Waals surface area (Å²) in [5.74, 6) is 2.72. The second-order valence-electron chi connectivity index (χ2n) is 9.56. The van der Waals surface area contributed by atoms with Gasteiger partial charge in [-0.05, 0) is 38.5 Å². The van der Waals surface area contributed by atoms with Crippen molar-refractivity contribution in [3.05, 3.63) is 17.5 Å². The van der Waals surface area contributed by atoms with E-state index in [0.717, 1.165) is 17.2 Å². The molecule has 4 heterocycles. The molecule has 164 valence electrons. The third-order valence-electron chi connectivity index (χ3n) is 6.25. The van der Waals surface area contributed by atoms with Crippen molar-refractivity contribution in [1.29, 1.82) is 5.26 Å². The van der Waals surface area contributed by atoms with Crippen molar-refractivity contribution in [2.75, 3.05) is 30.5 Å². The van der Waals surface area contributed by atoms with Crippen LogP contribution in [0, 0.1) is 17.2 Å². The molecule has 2 aromatic rings. The molecule has 5 rings (SSSR count). The highest BCUT2D eigenvalue weighted by molar-refractivity contribution is 5.66. The summed E-state index contributed by atoms with van der Waals surface area (Å²) in [5, 5.41) is 21.5. The zero-order chi connectivity index (χ0) is 21.8. The second-order valence-corrected chi connectivity index (χ2v) is 9.56. The Morgan fingerprint density at radius 3 is 2.77 bits per heavy atom. The second kappa shape index (κ2) is 7.38. The predicted molar refractivity (Wildman–Crippen MR) is 116 cm³/mol. The molecule has 3 aliphatic rings. The lowest BCUT2D eigenvalue weighted by Crippen LogP contribution is -2.33. The van der Waals surface area contributed by atoms with Gasteiger partial charge in [0.1, 0.15) is 17.0 Å². The maximum absolute atomic E-state index is 9.78. The van der Waals surface area contributed by atoms with Gasteiger partial charge in [0, 0.05) is 17.7 Å². The van der Waals surface area contributed by atoms with Crippen LogP contribution in [-0.2, 0) is 10.3 Å². The van der Waals surface area contributed by atoms with Gasteiger partial charge in [-0.15, -0.1) is 0 Å². The van der Waals surface area contributed by atoms with Gasteiger partial charge in [-0.3, -0.25) is 0 Å². The standard InChI is InChI=1S/C22H29N7O2/c1-12(2)17-18-20(29(28-17)22(3,4)11-23)31-9-14-8-30-10-16(14)25-19-15(13-5-6-13)7-24-21(26-18)27-19/h7,12-14,16H,5-6,8-10H2,1-4H3,(H2,24,25,26,27)/t14-,16+/m0/s1. The first-order valence-electron chi connectivity index (χ1n) is 11.0. The molecule has 0 unspecified atom stereocenters. The molecule has 2 atom stereocenters. The van der Waals surface area contributed by atoms with Gasteiger partial charge in [0.05, 0.1) is 37.6 Å². The van der Waals surface area contributed by atoms with Gasteiger partial charge in [-0.2, -0.15) is 15.3 Å². The molecule has 2 aromatic heterocycles. The molecule has 0 radical (unpaired) electrons. The van der Waals surface area contributed by atoms with Crippen LogP contribution in [0.2, 0.25) is 0 Å². The van der Waals surface area contributed by atoms with Crippen molar-refractivity contribution in [2.24, 2.45) is 5.92 Å². The third kappa shape index (κ3) is 3.59. The van der Waals surface area contributed by atoms with E-state index in [4.69, 9.17) is 19.6 Å². The Morgan fingerprint density at radius 1 is 1.26 bits per heavy atom. The molecular weight excluding hydrogens is 394 g/mol. The fourth-order valence-electron chi connectivity index (χ4n) is 4.16. The molecule has 1 saturated carbocycles. The van der Waals surface area contributed by atoms with Gasteiger partial charge in [-0.25, -0.2) is 9.67 Å². The van der Waals surface area contributed by atoms with Crippen molar-refractivity contribution in [2.45, 2.75) is 64.0 Å². The third-order valence-corrected chi connectivity index (χ3v) is 6.25. The van der Waals surface area contributed by atoms with Crippen LogP contribution < -0.4 is 15.4 Å². The largest absolute Gasteiger partial charge is 0.476 e. The van der Waals surface area contributed by atoms with Crippen molar-refractivity contribution in [1.82, 2.24) is 19.7 Å². The van der Waals surface area contributed by atoms with Crippen LogP contribution in [0.5, 0.6) is 5.88 Å². The lowest BCUT2D eigenvalue weighted by molar-refractivity contribution is 0.160. The molecule has 2 fully saturated rings. The summed E-state index contributed by atoms with van der Waals surface area (Å²) < 4.78 is 13.8. The van der Waals surface area contributed by atoms with Crippen LogP contribution in [0.25, 0.3) is 0 Å². The topological polar surface area (TPSA) is 110 Å². The maximum atomic E-state index is 9.78. The Labute approximate surface area is 182 Å². The van der Waals surface area contributed by atoms with E-state index in [1.165, 1.54) is 18.4 Å². The van der Waals surface area contributed by atoms with E-state index in [-0.39, 0.29) is 17.9 Å². The number of anilines is 3. The predicted octanol–water partition coefficient (Wildman–Crippen LogP) is 3.50. The van der Waals surface area contributed by atoms with Crippen LogP contribution in [-0.4, -0.2) is 45.6 Å². The SMILES string of the molecule is CC(C)c1nn(C(C)(C)C#N)c2c1Nc1ncc(C3CC3)c(n1)N[C@@H]1COC[C@H]1CO2. The summed E-state index contributed by atoms with van der Waals surface area (Å²) in [4.78, 5) is 9.44. The van der Waals surface area contributed by atoms with Crippen molar-refractivity contribution in [3.8, 4) is 11.9 Å². The highest BCUT2D eigenvalue weighted by atomic mass is 16.5. The molecule has 31 heavy (non-hydrogen) atoms. The molecule has 2 bridgehead atoms. The Bertz CT molecular complexity index is 1040. The Kier molecular flexibility index (Phi) is 4.77. The summed E-state index contributed by atoms with van der Waals surface area (Å²) in [7, 11) is 0. The first-order chi connectivity index (χ1) is 14.9. The highest BCUT2D eigenvalue weighted by Gasteiger charge is 2.36. The molecular formula is C22H29N7O2. The zero-order valence-corrected chi connectivity index (χ0v) is 18.5. The maximum Gasteiger partial charge on any atom is 0.238 e. The monoisotopic (exact) mass is 423 g/mol. The van der Waals surface area contributed by atoms with Gasteiger partial charge in [0.25, 0.3) is 0 Å². The van der Waals surface area contributed by atoms with Crippen LogP contribution in [0.4, 0.5) is 17.5 Å². The Balaban J connectivity index is 1.65. The summed E-state index contributed by atoms with van der Waals surface area (Å²) in [6, 6.07) is 2.44. The minimum absolute atomic E-state index is 0.103. The van der Waals surface area contributed by atoms with Gasteiger partial charge in [0.2, 0.25) is 11.8 Å². The van der Waals surface area contributed by atoms with E-state index >= 15 is 0 Å². The van der Waals surface area contributed by atoms with E-state index in [9.17, 15) is 5.26 Å². The van der Waals surface area contributed by atoms with E-state index in [1.54, 1.807) is 4.68 Å². The molecule has 0 spiro atoms. The average Bonchev–Trinajstić information content (AvgIpc) is 3.38. The quantitative estimate of drug-likeness (QED) is 0.772. The lowest BCUT2D eigenvalue weighted by Gasteiger charge is -2.23. The molecule has 2 aliphatic heterocycles. The number of hydrogen-bond donors (Lipinski definition) is 2. The van der Waals surface area contributed by atoms with E-state index in [2.05, 4.69) is 35.5 Å². The van der Waals surface area contributed by atoms with Crippen LogP contribution >= 0.6 is 0 Å². The summed E-state index contributed by atoms with van der Waals surface area (Å²) in [6.07, 6.45) is 4.28. The molecule has 0 aromatic carbocycles.